The highest BCUT2D eigenvalue weighted by molar-refractivity contribution is 5.65. The fourth-order valence-electron chi connectivity index (χ4n) is 3.39. The molecular weight excluding hydrogens is 354 g/mol. The number of benzene rings is 1. The molecule has 2 rings (SSSR count). The van der Waals surface area contributed by atoms with E-state index in [1.165, 1.54) is 4.90 Å². The topological polar surface area (TPSA) is 78.4 Å². The number of ether oxygens (including phenoxy) is 1. The van der Waals surface area contributed by atoms with E-state index in [0.717, 1.165) is 82.4 Å². The summed E-state index contributed by atoms with van der Waals surface area (Å²) in [5, 5.41) is 12.6. The summed E-state index contributed by atoms with van der Waals surface area (Å²) in [7, 11) is 2.14. The van der Waals surface area contributed by atoms with Crippen molar-refractivity contribution >= 4 is 11.4 Å². The number of fused-ring (bicyclic) bond motifs is 1. The van der Waals surface area contributed by atoms with E-state index in [9.17, 15) is 0 Å². The Morgan fingerprint density at radius 1 is 1.29 bits per heavy atom. The molecule has 28 heavy (non-hydrogen) atoms. The van der Waals surface area contributed by atoms with Crippen LogP contribution in [-0.4, -0.2) is 89.2 Å². The van der Waals surface area contributed by atoms with Crippen LogP contribution in [0.4, 0.5) is 11.4 Å². The first kappa shape index (κ1) is 24.5. The van der Waals surface area contributed by atoms with Crippen LogP contribution in [0.15, 0.2) is 18.2 Å². The third-order valence-corrected chi connectivity index (χ3v) is 5.17. The van der Waals surface area contributed by atoms with Crippen LogP contribution in [0.1, 0.15) is 20.8 Å². The maximum atomic E-state index is 8.98. The lowest BCUT2D eigenvalue weighted by molar-refractivity contribution is -0.879. The molecule has 0 bridgehead atoms. The normalized spacial score (nSPS) is 14.4. The minimum absolute atomic E-state index is 0. The second-order valence-electron chi connectivity index (χ2n) is 7.28. The minimum atomic E-state index is 0. The number of hydrogen-bond acceptors (Lipinski definition) is 6. The van der Waals surface area contributed by atoms with Crippen molar-refractivity contribution in [3.63, 3.8) is 0 Å². The molecule has 0 aliphatic carbocycles. The van der Waals surface area contributed by atoms with E-state index in [0.29, 0.717) is 6.61 Å². The third-order valence-electron chi connectivity index (χ3n) is 5.17. The van der Waals surface area contributed by atoms with Crippen LogP contribution in [0.2, 0.25) is 0 Å². The van der Waals surface area contributed by atoms with Gasteiger partial charge in [0.15, 0.2) is 0 Å². The summed E-state index contributed by atoms with van der Waals surface area (Å²) >= 11 is 0. The number of hydrogen-bond donors (Lipinski definition) is 4. The molecule has 1 aliphatic heterocycles. The second kappa shape index (κ2) is 13.6. The highest BCUT2D eigenvalue weighted by Crippen LogP contribution is 2.32. The zero-order chi connectivity index (χ0) is 19.5. The van der Waals surface area contributed by atoms with Crippen LogP contribution in [0.25, 0.3) is 0 Å². The zero-order valence-electron chi connectivity index (χ0n) is 17.0. The Balaban J connectivity index is 0.00000392. The summed E-state index contributed by atoms with van der Waals surface area (Å²) in [6.07, 6.45) is 1.16. The summed E-state index contributed by atoms with van der Waals surface area (Å²) in [4.78, 5) is 6.25. The fraction of sp³-hybridized carbons (Fsp3) is 0.714. The highest BCUT2D eigenvalue weighted by Gasteiger charge is 2.17. The number of quaternary nitrogens is 1. The van der Waals surface area contributed by atoms with Gasteiger partial charge >= 0.3 is 0 Å². The summed E-state index contributed by atoms with van der Waals surface area (Å²) in [5.41, 5.74) is 7.73. The Hall–Kier alpha value is -1.54. The standard InChI is InChI=1S/C20H37N5O2.CH4/c1-3-24(12-11-23(2)13-15-26)9-4-7-22-8-10-25-14-16-27-20-17-18(21)5-6-19(20)25;/h5-6,17,22,26H,3-4,7-16,21H2,1-2H3;1H4/p+1. The lowest BCUT2D eigenvalue weighted by Crippen LogP contribution is -3.10. The van der Waals surface area contributed by atoms with Crippen molar-refractivity contribution in [1.82, 2.24) is 10.2 Å². The molecule has 1 aromatic rings. The van der Waals surface area contributed by atoms with Crippen LogP contribution in [-0.2, 0) is 0 Å². The first-order chi connectivity index (χ1) is 13.1. The van der Waals surface area contributed by atoms with Crippen molar-refractivity contribution in [3.8, 4) is 5.75 Å². The van der Waals surface area contributed by atoms with E-state index < -0.39 is 0 Å². The maximum Gasteiger partial charge on any atom is 0.144 e. The molecule has 1 atom stereocenters. The summed E-state index contributed by atoms with van der Waals surface area (Å²) in [6.45, 7) is 12.3. The van der Waals surface area contributed by atoms with Gasteiger partial charge in [0.2, 0.25) is 0 Å². The SMILES string of the molecule is C.CCN(CCCNCCN1CCOc2cc(N)ccc21)CC[NH+](C)CCO. The van der Waals surface area contributed by atoms with E-state index >= 15 is 0 Å². The van der Waals surface area contributed by atoms with Gasteiger partial charge in [0.25, 0.3) is 0 Å². The molecule has 0 amide bonds. The molecule has 1 aromatic carbocycles. The van der Waals surface area contributed by atoms with Crippen LogP contribution in [0.3, 0.4) is 0 Å². The second-order valence-corrected chi connectivity index (χ2v) is 7.28. The molecule has 1 unspecified atom stereocenters. The van der Waals surface area contributed by atoms with Crippen LogP contribution in [0.5, 0.6) is 5.75 Å². The van der Waals surface area contributed by atoms with Gasteiger partial charge in [-0.3, -0.25) is 4.90 Å². The maximum absolute atomic E-state index is 8.98. The van der Waals surface area contributed by atoms with Gasteiger partial charge < -0.3 is 30.7 Å². The number of nitrogen functional groups attached to an aromatic ring is 1. The van der Waals surface area contributed by atoms with Gasteiger partial charge in [0.1, 0.15) is 18.9 Å². The van der Waals surface area contributed by atoms with Gasteiger partial charge in [0, 0.05) is 31.4 Å². The molecule has 0 fully saturated rings. The van der Waals surface area contributed by atoms with E-state index in [2.05, 4.69) is 35.2 Å². The minimum Gasteiger partial charge on any atom is -0.489 e. The fourth-order valence-corrected chi connectivity index (χ4v) is 3.39. The number of likely N-dealkylation sites (N-methyl/N-ethyl adjacent to an activating group) is 2. The molecule has 0 aromatic heterocycles. The molecule has 1 aliphatic rings. The van der Waals surface area contributed by atoms with Crippen molar-refractivity contribution in [2.24, 2.45) is 0 Å². The molecule has 0 radical (unpaired) electrons. The summed E-state index contributed by atoms with van der Waals surface area (Å²) in [6, 6.07) is 5.90. The van der Waals surface area contributed by atoms with Gasteiger partial charge in [-0.05, 0) is 38.2 Å². The number of aliphatic hydroxyl groups is 1. The van der Waals surface area contributed by atoms with Gasteiger partial charge in [-0.15, -0.1) is 0 Å². The van der Waals surface area contributed by atoms with Gasteiger partial charge in [-0.2, -0.15) is 0 Å². The van der Waals surface area contributed by atoms with Gasteiger partial charge in [-0.1, -0.05) is 14.4 Å². The Kier molecular flexibility index (Phi) is 11.9. The number of nitrogens with one attached hydrogen (secondary N) is 2. The third kappa shape index (κ3) is 8.22. The molecule has 162 valence electrons. The number of nitrogens with zero attached hydrogens (tertiary/aromatic N) is 2. The van der Waals surface area contributed by atoms with Gasteiger partial charge in [-0.25, -0.2) is 0 Å². The Morgan fingerprint density at radius 3 is 2.86 bits per heavy atom. The van der Waals surface area contributed by atoms with Crippen molar-refractivity contribution in [3.05, 3.63) is 18.2 Å². The van der Waals surface area contributed by atoms with E-state index in [4.69, 9.17) is 15.6 Å². The van der Waals surface area contributed by atoms with Crippen molar-refractivity contribution in [1.29, 1.82) is 0 Å². The van der Waals surface area contributed by atoms with E-state index in [-0.39, 0.29) is 14.0 Å². The molecule has 1 heterocycles. The van der Waals surface area contributed by atoms with Crippen LogP contribution < -0.4 is 25.6 Å². The summed E-state index contributed by atoms with van der Waals surface area (Å²) in [5.74, 6) is 0.896. The number of anilines is 2. The van der Waals surface area contributed by atoms with E-state index in [1.54, 1.807) is 0 Å². The van der Waals surface area contributed by atoms with Crippen molar-refractivity contribution in [2.75, 3.05) is 89.8 Å². The Morgan fingerprint density at radius 2 is 2.11 bits per heavy atom. The van der Waals surface area contributed by atoms with Gasteiger partial charge in [0.05, 0.1) is 32.4 Å². The Bertz CT molecular complexity index is 544. The number of nitrogens with two attached hydrogens (primary N) is 1. The molecular formula is C21H42N5O2+. The highest BCUT2D eigenvalue weighted by atomic mass is 16.5. The quantitative estimate of drug-likeness (QED) is 0.276. The predicted octanol–water partition coefficient (Wildman–Crippen LogP) is -0.0877. The van der Waals surface area contributed by atoms with E-state index in [1.807, 2.05) is 12.1 Å². The molecule has 0 saturated carbocycles. The first-order valence-electron chi connectivity index (χ1n) is 10.3. The predicted molar refractivity (Wildman–Crippen MR) is 119 cm³/mol. The summed E-state index contributed by atoms with van der Waals surface area (Å²) < 4.78 is 5.71. The van der Waals surface area contributed by atoms with Crippen molar-refractivity contribution in [2.45, 2.75) is 20.8 Å². The number of rotatable bonds is 13. The molecule has 0 saturated heterocycles. The number of aliphatic hydroxyl groups excluding tert-OH is 1. The first-order valence-corrected chi connectivity index (χ1v) is 10.3. The zero-order valence-corrected chi connectivity index (χ0v) is 17.0. The van der Waals surface area contributed by atoms with Crippen molar-refractivity contribution < 1.29 is 14.7 Å². The average molecular weight is 397 g/mol. The molecule has 0 spiro atoms. The molecule has 7 nitrogen and oxygen atoms in total. The average Bonchev–Trinajstić information content (AvgIpc) is 2.66. The monoisotopic (exact) mass is 396 g/mol. The Labute approximate surface area is 171 Å². The smallest absolute Gasteiger partial charge is 0.144 e. The molecule has 7 heteroatoms. The largest absolute Gasteiger partial charge is 0.489 e. The lowest BCUT2D eigenvalue weighted by Gasteiger charge is -2.31. The lowest BCUT2D eigenvalue weighted by atomic mass is 10.2. The molecule has 5 N–H and O–H groups in total. The van der Waals surface area contributed by atoms with Crippen LogP contribution >= 0.6 is 0 Å². The van der Waals surface area contributed by atoms with Crippen LogP contribution in [0, 0.1) is 0 Å².